The number of benzene rings is 3. The highest BCUT2D eigenvalue weighted by Gasteiger charge is 2.22. The summed E-state index contributed by atoms with van der Waals surface area (Å²) in [5.74, 6) is -1.63. The van der Waals surface area contributed by atoms with Crippen LogP contribution in [0.1, 0.15) is 35.4 Å². The van der Waals surface area contributed by atoms with E-state index in [-0.39, 0.29) is 18.6 Å². The standard InChI is InChI=1S/C28H23ClFNO5/c1-16-23(15-27(34)35-17(2)21-5-3-4-6-24(21)29)28(36-31-16)20-11-12-22(25(30)14-20)19-9-7-18(8-10-19)13-26(32)33/h3-12,14,17H,13,15H2,1-2H3,(H,32,33)/t17-/m1/s1. The molecule has 0 fully saturated rings. The fourth-order valence-corrected chi connectivity index (χ4v) is 4.23. The van der Waals surface area contributed by atoms with Gasteiger partial charge in [-0.25, -0.2) is 4.39 Å². The molecule has 0 amide bonds. The number of carboxylic acid groups (broad SMARTS) is 1. The van der Waals surface area contributed by atoms with Gasteiger partial charge in [0.05, 0.1) is 18.5 Å². The van der Waals surface area contributed by atoms with Gasteiger partial charge in [0.2, 0.25) is 0 Å². The molecule has 184 valence electrons. The summed E-state index contributed by atoms with van der Waals surface area (Å²) in [5, 5.41) is 13.4. The van der Waals surface area contributed by atoms with Crippen molar-refractivity contribution in [2.45, 2.75) is 32.8 Å². The molecule has 8 heteroatoms. The van der Waals surface area contributed by atoms with Crippen LogP contribution in [0, 0.1) is 12.7 Å². The second kappa shape index (κ2) is 10.7. The molecule has 0 aliphatic heterocycles. The zero-order chi connectivity index (χ0) is 25.8. The number of hydrogen-bond donors (Lipinski definition) is 1. The number of aromatic nitrogens is 1. The number of nitrogens with zero attached hydrogens (tertiary/aromatic N) is 1. The number of carbonyl (C=O) groups excluding carboxylic acids is 1. The van der Waals surface area contributed by atoms with Gasteiger partial charge in [-0.15, -0.1) is 0 Å². The van der Waals surface area contributed by atoms with Crippen molar-refractivity contribution in [3.63, 3.8) is 0 Å². The fourth-order valence-electron chi connectivity index (χ4n) is 3.94. The fraction of sp³-hybridized carbons (Fsp3) is 0.179. The molecular formula is C28H23ClFNO5. The molecule has 0 saturated heterocycles. The average Bonchev–Trinajstić information content (AvgIpc) is 3.19. The molecule has 1 heterocycles. The lowest BCUT2D eigenvalue weighted by atomic mass is 9.98. The van der Waals surface area contributed by atoms with Crippen molar-refractivity contribution < 1.29 is 28.3 Å². The molecule has 1 N–H and O–H groups in total. The minimum absolute atomic E-state index is 0.102. The summed E-state index contributed by atoms with van der Waals surface area (Å²) in [5.41, 5.74) is 3.73. The van der Waals surface area contributed by atoms with Crippen LogP contribution in [-0.2, 0) is 27.2 Å². The molecule has 36 heavy (non-hydrogen) atoms. The molecule has 0 bridgehead atoms. The largest absolute Gasteiger partial charge is 0.481 e. The third-order valence-electron chi connectivity index (χ3n) is 5.81. The summed E-state index contributed by atoms with van der Waals surface area (Å²) in [6.45, 7) is 3.44. The Kier molecular flexibility index (Phi) is 7.50. The number of esters is 1. The van der Waals surface area contributed by atoms with Crippen LogP contribution in [0.2, 0.25) is 5.02 Å². The predicted octanol–water partition coefficient (Wildman–Crippen LogP) is 6.58. The molecule has 4 rings (SSSR count). The second-order valence-electron chi connectivity index (χ2n) is 8.37. The van der Waals surface area contributed by atoms with Gasteiger partial charge in [-0.05, 0) is 37.1 Å². The van der Waals surface area contributed by atoms with Gasteiger partial charge in [0.15, 0.2) is 5.76 Å². The van der Waals surface area contributed by atoms with Crippen LogP contribution in [0.5, 0.6) is 0 Å². The number of hydrogen-bond acceptors (Lipinski definition) is 5. The molecule has 0 saturated carbocycles. The number of aryl methyl sites for hydroxylation is 1. The van der Waals surface area contributed by atoms with Crippen LogP contribution in [0.15, 0.2) is 71.3 Å². The van der Waals surface area contributed by atoms with Gasteiger partial charge in [-0.1, -0.05) is 71.4 Å². The molecule has 1 aromatic heterocycles. The number of rotatable bonds is 8. The van der Waals surface area contributed by atoms with Crippen LogP contribution in [-0.4, -0.2) is 22.2 Å². The van der Waals surface area contributed by atoms with Crippen LogP contribution in [0.3, 0.4) is 0 Å². The maximum absolute atomic E-state index is 15.1. The van der Waals surface area contributed by atoms with E-state index in [1.54, 1.807) is 68.4 Å². The van der Waals surface area contributed by atoms with Gasteiger partial charge >= 0.3 is 11.9 Å². The van der Waals surface area contributed by atoms with Crippen LogP contribution in [0.25, 0.3) is 22.5 Å². The normalized spacial score (nSPS) is 11.8. The van der Waals surface area contributed by atoms with Crippen molar-refractivity contribution in [2.24, 2.45) is 0 Å². The summed E-state index contributed by atoms with van der Waals surface area (Å²) < 4.78 is 26.1. The lowest BCUT2D eigenvalue weighted by Crippen LogP contribution is -2.12. The molecule has 0 radical (unpaired) electrons. The van der Waals surface area contributed by atoms with E-state index in [1.807, 2.05) is 6.07 Å². The highest BCUT2D eigenvalue weighted by molar-refractivity contribution is 6.31. The van der Waals surface area contributed by atoms with Crippen molar-refractivity contribution >= 4 is 23.5 Å². The first kappa shape index (κ1) is 25.1. The SMILES string of the molecule is Cc1noc(-c2ccc(-c3ccc(CC(=O)O)cc3)c(F)c2)c1CC(=O)O[C@H](C)c1ccccc1Cl. The van der Waals surface area contributed by atoms with Crippen molar-refractivity contribution in [3.05, 3.63) is 100.0 Å². The molecule has 1 atom stereocenters. The van der Waals surface area contributed by atoms with E-state index in [1.165, 1.54) is 6.07 Å². The molecule has 0 aliphatic carbocycles. The Morgan fingerprint density at radius 2 is 1.75 bits per heavy atom. The quantitative estimate of drug-likeness (QED) is 0.271. The van der Waals surface area contributed by atoms with E-state index in [2.05, 4.69) is 5.16 Å². The Bertz CT molecular complexity index is 1410. The lowest BCUT2D eigenvalue weighted by molar-refractivity contribution is -0.147. The highest BCUT2D eigenvalue weighted by Crippen LogP contribution is 2.32. The molecule has 6 nitrogen and oxygen atoms in total. The number of halogens is 2. The summed E-state index contributed by atoms with van der Waals surface area (Å²) >= 11 is 6.20. The van der Waals surface area contributed by atoms with Gasteiger partial charge in [0, 0.05) is 27.3 Å². The molecule has 3 aromatic carbocycles. The van der Waals surface area contributed by atoms with Gasteiger partial charge in [-0.3, -0.25) is 9.59 Å². The van der Waals surface area contributed by atoms with E-state index in [0.717, 1.165) is 0 Å². The Labute approximate surface area is 212 Å². The third kappa shape index (κ3) is 5.63. The van der Waals surface area contributed by atoms with E-state index in [4.69, 9.17) is 26.0 Å². The van der Waals surface area contributed by atoms with E-state index in [0.29, 0.717) is 44.1 Å². The maximum atomic E-state index is 15.1. The molecule has 0 unspecified atom stereocenters. The van der Waals surface area contributed by atoms with Crippen LogP contribution in [0.4, 0.5) is 4.39 Å². The summed E-state index contributed by atoms with van der Waals surface area (Å²) in [7, 11) is 0. The van der Waals surface area contributed by atoms with E-state index >= 15 is 4.39 Å². The Balaban J connectivity index is 1.53. The van der Waals surface area contributed by atoms with E-state index < -0.39 is 23.9 Å². The molecule has 0 aliphatic rings. The average molecular weight is 508 g/mol. The van der Waals surface area contributed by atoms with E-state index in [9.17, 15) is 9.59 Å². The Hall–Kier alpha value is -3.97. The zero-order valence-corrected chi connectivity index (χ0v) is 20.4. The van der Waals surface area contributed by atoms with Crippen LogP contribution < -0.4 is 0 Å². The lowest BCUT2D eigenvalue weighted by Gasteiger charge is -2.15. The highest BCUT2D eigenvalue weighted by atomic mass is 35.5. The van der Waals surface area contributed by atoms with Gasteiger partial charge < -0.3 is 14.4 Å². The number of ether oxygens (including phenoxy) is 1. The minimum atomic E-state index is -0.932. The monoisotopic (exact) mass is 507 g/mol. The predicted molar refractivity (Wildman–Crippen MR) is 133 cm³/mol. The summed E-state index contributed by atoms with van der Waals surface area (Å²) in [6.07, 6.45) is -0.753. The molecule has 4 aromatic rings. The molecular weight excluding hydrogens is 485 g/mol. The topological polar surface area (TPSA) is 89.6 Å². The number of carboxylic acids is 1. The number of aliphatic carboxylic acids is 1. The Morgan fingerprint density at radius 1 is 1.06 bits per heavy atom. The van der Waals surface area contributed by atoms with Gasteiger partial charge in [-0.2, -0.15) is 0 Å². The first-order valence-corrected chi connectivity index (χ1v) is 11.6. The third-order valence-corrected chi connectivity index (χ3v) is 6.15. The molecule has 0 spiro atoms. The summed E-state index contributed by atoms with van der Waals surface area (Å²) in [6, 6.07) is 18.4. The first-order chi connectivity index (χ1) is 17.2. The van der Waals surface area contributed by atoms with Crippen LogP contribution >= 0.6 is 11.6 Å². The van der Waals surface area contributed by atoms with Crippen molar-refractivity contribution in [1.29, 1.82) is 0 Å². The van der Waals surface area contributed by atoms with Gasteiger partial charge in [0.25, 0.3) is 0 Å². The minimum Gasteiger partial charge on any atom is -0.481 e. The van der Waals surface area contributed by atoms with Crippen molar-refractivity contribution in [3.8, 4) is 22.5 Å². The zero-order valence-electron chi connectivity index (χ0n) is 19.6. The smallest absolute Gasteiger partial charge is 0.311 e. The van der Waals surface area contributed by atoms with Crippen molar-refractivity contribution in [2.75, 3.05) is 0 Å². The maximum Gasteiger partial charge on any atom is 0.311 e. The second-order valence-corrected chi connectivity index (χ2v) is 8.78. The van der Waals surface area contributed by atoms with Gasteiger partial charge in [0.1, 0.15) is 11.9 Å². The Morgan fingerprint density at radius 3 is 2.42 bits per heavy atom. The number of carbonyl (C=O) groups is 2. The summed E-state index contributed by atoms with van der Waals surface area (Å²) in [4.78, 5) is 23.6. The first-order valence-electron chi connectivity index (χ1n) is 11.2. The van der Waals surface area contributed by atoms with Crippen molar-refractivity contribution in [1.82, 2.24) is 5.16 Å².